The topological polar surface area (TPSA) is 156 Å². The lowest BCUT2D eigenvalue weighted by Gasteiger charge is -2.36. The number of nitrogens with one attached hydrogen (secondary N) is 3. The average Bonchev–Trinajstić information content (AvgIpc) is 3.76. The Hall–Kier alpha value is -5.15. The number of aliphatic hydroxyl groups excluding tert-OH is 1. The van der Waals surface area contributed by atoms with E-state index in [-0.39, 0.29) is 36.7 Å². The maximum absolute atomic E-state index is 13.7. The van der Waals surface area contributed by atoms with Gasteiger partial charge in [0.1, 0.15) is 12.4 Å². The lowest BCUT2D eigenvalue weighted by molar-refractivity contribution is -0.245. The van der Waals surface area contributed by atoms with Crippen molar-refractivity contribution in [2.24, 2.45) is 0 Å². The Balaban J connectivity index is 1.06. The molecule has 2 heterocycles. The predicted molar refractivity (Wildman–Crippen MR) is 215 cm³/mol. The van der Waals surface area contributed by atoms with E-state index in [4.69, 9.17) is 9.47 Å². The van der Waals surface area contributed by atoms with Gasteiger partial charge in [-0.05, 0) is 71.0 Å². The van der Waals surface area contributed by atoms with Gasteiger partial charge in [0.2, 0.25) is 15.9 Å². The smallest absolute Gasteiger partial charge is 0.241 e. The summed E-state index contributed by atoms with van der Waals surface area (Å²) in [7, 11) is -3.97. The van der Waals surface area contributed by atoms with E-state index in [9.17, 15) is 18.3 Å². The number of amides is 1. The zero-order chi connectivity index (χ0) is 38.9. The third-order valence-corrected chi connectivity index (χ3v) is 12.0. The first-order valence-corrected chi connectivity index (χ1v) is 20.8. The van der Waals surface area contributed by atoms with Gasteiger partial charge in [-0.1, -0.05) is 120 Å². The van der Waals surface area contributed by atoms with Crippen LogP contribution in [-0.4, -0.2) is 52.5 Å². The molecule has 0 saturated carbocycles. The molecule has 1 aromatic heterocycles. The molecule has 4 N–H and O–H groups in total. The standard InChI is InChI=1S/C43H43N5O6S2/c1-29-13-19-38(20-14-29)56(51,52)48-39(22-30-7-3-2-4-8-30)41(50)44-25-32-9-5-10-34(21-32)35-11-6-12-36(23-35)42-53-37(27-55-43-45-28-46-47-43)24-40(54-42)33-17-15-31(26-49)16-18-33/h2-21,23,28,37,39-40,42,48-49H,22,24-27H2,1H3,(H,44,50)(H,45,46,47)/t37-,39-,40+,42+/m1/s1. The predicted octanol–water partition coefficient (Wildman–Crippen LogP) is 6.82. The Morgan fingerprint density at radius 3 is 2.32 bits per heavy atom. The largest absolute Gasteiger partial charge is 0.392 e. The fourth-order valence-electron chi connectivity index (χ4n) is 6.51. The molecule has 0 spiro atoms. The van der Waals surface area contributed by atoms with E-state index < -0.39 is 28.3 Å². The molecule has 0 unspecified atom stereocenters. The van der Waals surface area contributed by atoms with Gasteiger partial charge in [0.05, 0.1) is 23.7 Å². The van der Waals surface area contributed by atoms with Gasteiger partial charge in [-0.15, -0.1) is 0 Å². The highest BCUT2D eigenvalue weighted by atomic mass is 32.2. The number of aromatic amines is 1. The van der Waals surface area contributed by atoms with Gasteiger partial charge in [0.25, 0.3) is 0 Å². The second-order valence-electron chi connectivity index (χ2n) is 13.7. The number of hydrogen-bond acceptors (Lipinski definition) is 9. The molecule has 5 aromatic carbocycles. The number of nitrogens with zero attached hydrogens (tertiary/aromatic N) is 2. The summed E-state index contributed by atoms with van der Waals surface area (Å²) in [5, 5.41) is 20.1. The van der Waals surface area contributed by atoms with Gasteiger partial charge in [0, 0.05) is 24.3 Å². The zero-order valence-electron chi connectivity index (χ0n) is 30.7. The van der Waals surface area contributed by atoms with Crippen LogP contribution in [0.3, 0.4) is 0 Å². The summed E-state index contributed by atoms with van der Waals surface area (Å²) in [6, 6.07) is 38.5. The molecule has 1 saturated heterocycles. The lowest BCUT2D eigenvalue weighted by Crippen LogP contribution is -2.47. The summed E-state index contributed by atoms with van der Waals surface area (Å²) < 4.78 is 42.5. The summed E-state index contributed by atoms with van der Waals surface area (Å²) in [6.45, 7) is 2.05. The van der Waals surface area contributed by atoms with E-state index in [0.717, 1.165) is 44.5 Å². The Morgan fingerprint density at radius 1 is 0.857 bits per heavy atom. The number of carbonyl (C=O) groups excluding carboxylic acids is 1. The van der Waals surface area contributed by atoms with Crippen LogP contribution in [0.5, 0.6) is 0 Å². The molecule has 56 heavy (non-hydrogen) atoms. The van der Waals surface area contributed by atoms with Gasteiger partial charge < -0.3 is 19.9 Å². The number of aryl methyl sites for hydroxylation is 1. The van der Waals surface area contributed by atoms with Crippen LogP contribution in [-0.2, 0) is 43.9 Å². The van der Waals surface area contributed by atoms with Gasteiger partial charge in [-0.3, -0.25) is 9.89 Å². The van der Waals surface area contributed by atoms with Crippen molar-refractivity contribution in [3.8, 4) is 11.1 Å². The molecular weight excluding hydrogens is 747 g/mol. The molecule has 0 radical (unpaired) electrons. The molecule has 1 aliphatic heterocycles. The minimum absolute atomic E-state index is 0.0286. The van der Waals surface area contributed by atoms with Gasteiger partial charge in [-0.25, -0.2) is 13.4 Å². The minimum Gasteiger partial charge on any atom is -0.392 e. The quantitative estimate of drug-likeness (QED) is 0.0821. The highest BCUT2D eigenvalue weighted by Crippen LogP contribution is 2.40. The normalized spacial score (nSPS) is 17.6. The van der Waals surface area contributed by atoms with Crippen molar-refractivity contribution >= 4 is 27.7 Å². The molecule has 1 aliphatic rings. The van der Waals surface area contributed by atoms with Crippen LogP contribution < -0.4 is 10.0 Å². The SMILES string of the molecule is Cc1ccc(S(=O)(=O)N[C@H](Cc2ccccc2)C(=O)NCc2cccc(-c3cccc([C@H]4O[C@@H](CSc5ncn[nH]5)C[C@@H](c5ccc(CO)cc5)O4)c3)c2)cc1. The summed E-state index contributed by atoms with van der Waals surface area (Å²) in [5.74, 6) is 0.216. The molecule has 6 aromatic rings. The number of carbonyl (C=O) groups is 1. The highest BCUT2D eigenvalue weighted by molar-refractivity contribution is 7.99. The number of thioether (sulfide) groups is 1. The van der Waals surface area contributed by atoms with Crippen molar-refractivity contribution in [2.45, 2.75) is 67.5 Å². The maximum Gasteiger partial charge on any atom is 0.241 e. The van der Waals surface area contributed by atoms with E-state index in [2.05, 4.69) is 31.3 Å². The minimum atomic E-state index is -3.97. The van der Waals surface area contributed by atoms with E-state index in [1.807, 2.05) is 104 Å². The molecule has 7 rings (SSSR count). The molecule has 0 aliphatic carbocycles. The number of sulfonamides is 1. The zero-order valence-corrected chi connectivity index (χ0v) is 32.4. The summed E-state index contributed by atoms with van der Waals surface area (Å²) in [4.78, 5) is 18.0. The van der Waals surface area contributed by atoms with E-state index >= 15 is 0 Å². The number of rotatable bonds is 15. The van der Waals surface area contributed by atoms with Crippen LogP contribution in [0.2, 0.25) is 0 Å². The van der Waals surface area contributed by atoms with Crippen LogP contribution in [0.15, 0.2) is 144 Å². The molecule has 4 atom stereocenters. The summed E-state index contributed by atoms with van der Waals surface area (Å²) in [6.07, 6.45) is 1.29. The molecular formula is C43H43N5O6S2. The number of aliphatic hydroxyl groups is 1. The third-order valence-electron chi connectivity index (χ3n) is 9.53. The maximum atomic E-state index is 13.7. The van der Waals surface area contributed by atoms with Crippen molar-refractivity contribution in [3.63, 3.8) is 0 Å². The van der Waals surface area contributed by atoms with Gasteiger partial charge >= 0.3 is 0 Å². The van der Waals surface area contributed by atoms with Crippen molar-refractivity contribution < 1.29 is 27.8 Å². The average molecular weight is 790 g/mol. The van der Waals surface area contributed by atoms with Crippen molar-refractivity contribution in [1.82, 2.24) is 25.2 Å². The number of benzene rings is 5. The number of H-pyrrole nitrogens is 1. The van der Waals surface area contributed by atoms with Gasteiger partial charge in [0.15, 0.2) is 11.4 Å². The summed E-state index contributed by atoms with van der Waals surface area (Å²) >= 11 is 1.54. The summed E-state index contributed by atoms with van der Waals surface area (Å²) in [5.41, 5.74) is 7.19. The highest BCUT2D eigenvalue weighted by Gasteiger charge is 2.33. The number of ether oxygens (including phenoxy) is 2. The Labute approximate surface area is 331 Å². The van der Waals surface area contributed by atoms with Crippen LogP contribution in [0, 0.1) is 6.92 Å². The second-order valence-corrected chi connectivity index (χ2v) is 16.4. The van der Waals surface area contributed by atoms with Crippen molar-refractivity contribution in [2.75, 3.05) is 5.75 Å². The van der Waals surface area contributed by atoms with Gasteiger partial charge in [-0.2, -0.15) is 9.82 Å². The van der Waals surface area contributed by atoms with E-state index in [1.54, 1.807) is 12.1 Å². The van der Waals surface area contributed by atoms with Crippen LogP contribution >= 0.6 is 11.8 Å². The second kappa shape index (κ2) is 18.2. The fraction of sp³-hybridized carbons (Fsp3) is 0.233. The molecule has 0 bridgehead atoms. The Kier molecular flexibility index (Phi) is 12.7. The molecule has 13 heteroatoms. The van der Waals surface area contributed by atoms with Crippen LogP contribution in [0.1, 0.15) is 52.2 Å². The third kappa shape index (κ3) is 10.2. The monoisotopic (exact) mass is 789 g/mol. The first-order valence-electron chi connectivity index (χ1n) is 18.3. The first-order chi connectivity index (χ1) is 27.2. The molecule has 11 nitrogen and oxygen atoms in total. The first kappa shape index (κ1) is 39.1. The van der Waals surface area contributed by atoms with Crippen molar-refractivity contribution in [3.05, 3.63) is 167 Å². The Morgan fingerprint density at radius 2 is 1.59 bits per heavy atom. The van der Waals surface area contributed by atoms with Crippen LogP contribution in [0.4, 0.5) is 0 Å². The lowest BCUT2D eigenvalue weighted by atomic mass is 9.99. The van der Waals surface area contributed by atoms with E-state index in [1.165, 1.54) is 30.2 Å². The number of aromatic nitrogens is 3. The van der Waals surface area contributed by atoms with E-state index in [0.29, 0.717) is 17.3 Å². The van der Waals surface area contributed by atoms with Crippen molar-refractivity contribution in [1.29, 1.82) is 0 Å². The van der Waals surface area contributed by atoms with Crippen LogP contribution in [0.25, 0.3) is 11.1 Å². The Bertz CT molecular complexity index is 2310. The molecule has 1 fully saturated rings. The molecule has 1 amide bonds. The fourth-order valence-corrected chi connectivity index (χ4v) is 8.50. The number of hydrogen-bond donors (Lipinski definition) is 4. The molecule has 288 valence electrons.